The van der Waals surface area contributed by atoms with Crippen LogP contribution in [-0.4, -0.2) is 18.1 Å². The van der Waals surface area contributed by atoms with Gasteiger partial charge in [-0.2, -0.15) is 0 Å². The van der Waals surface area contributed by atoms with Crippen LogP contribution in [0.15, 0.2) is 6.07 Å². The number of cyclic esters (lactones) is 1. The number of thiophene rings is 1. The molecule has 1 amide bonds. The van der Waals surface area contributed by atoms with Gasteiger partial charge in [-0.05, 0) is 58.9 Å². The first-order chi connectivity index (χ1) is 13.1. The fraction of sp³-hybridized carbons (Fsp3) is 0.652. The molecule has 1 aliphatic heterocycles. The van der Waals surface area contributed by atoms with E-state index in [9.17, 15) is 9.59 Å². The minimum atomic E-state index is -0.594. The smallest absolute Gasteiger partial charge is 0.352 e. The molecule has 1 unspecified atom stereocenters. The predicted octanol–water partition coefficient (Wildman–Crippen LogP) is 5.85. The molecule has 2 rings (SSSR count). The second-order valence-corrected chi connectivity index (χ2v) is 9.79. The van der Waals surface area contributed by atoms with E-state index in [1.807, 2.05) is 26.8 Å². The molecule has 154 valence electrons. The summed E-state index contributed by atoms with van der Waals surface area (Å²) in [6.07, 6.45) is 3.19. The number of carbonyl (C=O) groups excluding carboxylic acids is 2. The van der Waals surface area contributed by atoms with E-state index in [0.29, 0.717) is 16.5 Å². The quantitative estimate of drug-likeness (QED) is 0.442. The summed E-state index contributed by atoms with van der Waals surface area (Å²) in [6.45, 7) is 14.3. The minimum Gasteiger partial charge on any atom is -0.437 e. The maximum atomic E-state index is 13.3. The molecule has 3 atom stereocenters. The highest BCUT2D eigenvalue weighted by molar-refractivity contribution is 7.15. The van der Waals surface area contributed by atoms with E-state index in [0.717, 1.165) is 30.6 Å². The van der Waals surface area contributed by atoms with Crippen LogP contribution in [0.2, 0.25) is 0 Å². The van der Waals surface area contributed by atoms with Crippen molar-refractivity contribution in [1.29, 1.82) is 0 Å². The topological polar surface area (TPSA) is 46.6 Å². The first-order valence-corrected chi connectivity index (χ1v) is 11.1. The number of rotatable bonds is 6. The van der Waals surface area contributed by atoms with Crippen molar-refractivity contribution in [1.82, 2.24) is 0 Å². The summed E-state index contributed by atoms with van der Waals surface area (Å²) in [5.41, 5.74) is 0.524. The maximum absolute atomic E-state index is 13.3. The SMILES string of the molecule is CC[C@H](C)CC[C@H](CC)C(=O)N1c2cc(C#CC(C)(C)C)sc2C(=O)OC1C. The van der Waals surface area contributed by atoms with Crippen molar-refractivity contribution in [2.45, 2.75) is 80.4 Å². The summed E-state index contributed by atoms with van der Waals surface area (Å²) < 4.78 is 5.47. The van der Waals surface area contributed by atoms with Gasteiger partial charge in [0, 0.05) is 11.3 Å². The van der Waals surface area contributed by atoms with Crippen LogP contribution in [0.3, 0.4) is 0 Å². The first kappa shape index (κ1) is 22.5. The zero-order valence-corrected chi connectivity index (χ0v) is 19.0. The molecule has 0 bridgehead atoms. The second kappa shape index (κ2) is 9.13. The average Bonchev–Trinajstić information content (AvgIpc) is 3.04. The third-order valence-electron chi connectivity index (χ3n) is 5.14. The normalized spacial score (nSPS) is 18.6. The molecule has 1 aromatic rings. The number of fused-ring (bicyclic) bond motifs is 1. The van der Waals surface area contributed by atoms with Crippen molar-refractivity contribution >= 4 is 28.9 Å². The molecule has 0 saturated carbocycles. The monoisotopic (exact) mass is 403 g/mol. The molecule has 2 heterocycles. The minimum absolute atomic E-state index is 0.0418. The number of esters is 1. The van der Waals surface area contributed by atoms with Crippen molar-refractivity contribution < 1.29 is 14.3 Å². The zero-order valence-electron chi connectivity index (χ0n) is 18.2. The number of amides is 1. The van der Waals surface area contributed by atoms with Gasteiger partial charge >= 0.3 is 5.97 Å². The molecular weight excluding hydrogens is 370 g/mol. The predicted molar refractivity (Wildman–Crippen MR) is 115 cm³/mol. The lowest BCUT2D eigenvalue weighted by Gasteiger charge is -2.34. The van der Waals surface area contributed by atoms with Gasteiger partial charge in [-0.25, -0.2) is 4.79 Å². The highest BCUT2D eigenvalue weighted by atomic mass is 32.1. The van der Waals surface area contributed by atoms with Gasteiger partial charge in [0.2, 0.25) is 5.91 Å². The Bertz CT molecular complexity index is 778. The molecule has 5 heteroatoms. The standard InChI is InChI=1S/C23H33NO3S/c1-8-15(3)10-11-17(9-2)21(25)24-16(4)27-22(26)20-19(24)14-18(28-20)12-13-23(5,6)7/h14-17H,8-11H2,1-7H3/t15-,16?,17-/m0/s1. The number of hydrogen-bond donors (Lipinski definition) is 0. The van der Waals surface area contributed by atoms with Crippen LogP contribution in [0.25, 0.3) is 0 Å². The maximum Gasteiger partial charge on any atom is 0.352 e. The van der Waals surface area contributed by atoms with E-state index in [1.54, 1.807) is 11.8 Å². The van der Waals surface area contributed by atoms with Gasteiger partial charge in [0.05, 0.1) is 10.6 Å². The van der Waals surface area contributed by atoms with E-state index < -0.39 is 6.23 Å². The zero-order chi connectivity index (χ0) is 21.1. The number of nitrogens with zero attached hydrogens (tertiary/aromatic N) is 1. The molecule has 0 aliphatic carbocycles. The van der Waals surface area contributed by atoms with Crippen molar-refractivity contribution in [2.24, 2.45) is 17.3 Å². The first-order valence-electron chi connectivity index (χ1n) is 10.3. The fourth-order valence-electron chi connectivity index (χ4n) is 3.16. The van der Waals surface area contributed by atoms with Gasteiger partial charge in [0.25, 0.3) is 0 Å². The summed E-state index contributed by atoms with van der Waals surface area (Å²) in [5, 5.41) is 0. The molecule has 0 fully saturated rings. The van der Waals surface area contributed by atoms with Gasteiger partial charge < -0.3 is 4.74 Å². The van der Waals surface area contributed by atoms with E-state index in [4.69, 9.17) is 4.74 Å². The molecule has 28 heavy (non-hydrogen) atoms. The third kappa shape index (κ3) is 5.38. The number of anilines is 1. The van der Waals surface area contributed by atoms with Gasteiger partial charge in [-0.3, -0.25) is 9.69 Å². The number of ether oxygens (including phenoxy) is 1. The van der Waals surface area contributed by atoms with Gasteiger partial charge in [-0.1, -0.05) is 39.0 Å². The van der Waals surface area contributed by atoms with Crippen molar-refractivity contribution in [3.05, 3.63) is 15.8 Å². The van der Waals surface area contributed by atoms with Crippen molar-refractivity contribution in [3.8, 4) is 11.8 Å². The summed E-state index contributed by atoms with van der Waals surface area (Å²) in [4.78, 5) is 28.6. The van der Waals surface area contributed by atoms with Gasteiger partial charge in [-0.15, -0.1) is 11.3 Å². The Hall–Kier alpha value is -1.80. The van der Waals surface area contributed by atoms with Crippen LogP contribution < -0.4 is 4.90 Å². The summed E-state index contributed by atoms with van der Waals surface area (Å²) in [6, 6.07) is 1.87. The highest BCUT2D eigenvalue weighted by Gasteiger charge is 2.38. The van der Waals surface area contributed by atoms with E-state index >= 15 is 0 Å². The lowest BCUT2D eigenvalue weighted by atomic mass is 9.92. The Morgan fingerprint density at radius 1 is 1.29 bits per heavy atom. The van der Waals surface area contributed by atoms with Crippen LogP contribution in [0.4, 0.5) is 5.69 Å². The van der Waals surface area contributed by atoms with Crippen molar-refractivity contribution in [3.63, 3.8) is 0 Å². The lowest BCUT2D eigenvalue weighted by molar-refractivity contribution is -0.124. The van der Waals surface area contributed by atoms with Crippen LogP contribution in [0.1, 0.15) is 88.7 Å². The molecule has 0 spiro atoms. The molecule has 0 aromatic carbocycles. The van der Waals surface area contributed by atoms with Crippen LogP contribution in [0, 0.1) is 29.1 Å². The average molecular weight is 404 g/mol. The summed E-state index contributed by atoms with van der Waals surface area (Å²) in [5.74, 6) is 6.56. The van der Waals surface area contributed by atoms with Crippen LogP contribution in [0.5, 0.6) is 0 Å². The van der Waals surface area contributed by atoms with E-state index in [2.05, 4.69) is 32.6 Å². The fourth-order valence-corrected chi connectivity index (χ4v) is 4.05. The third-order valence-corrected chi connectivity index (χ3v) is 6.16. The van der Waals surface area contributed by atoms with Crippen LogP contribution >= 0.6 is 11.3 Å². The molecule has 1 aliphatic rings. The Balaban J connectivity index is 2.33. The van der Waals surface area contributed by atoms with Gasteiger partial charge in [0.15, 0.2) is 6.23 Å². The number of carbonyl (C=O) groups is 2. The molecular formula is C23H33NO3S. The highest BCUT2D eigenvalue weighted by Crippen LogP contribution is 2.38. The van der Waals surface area contributed by atoms with E-state index in [1.165, 1.54) is 11.3 Å². The Kier molecular flexibility index (Phi) is 7.33. The van der Waals surface area contributed by atoms with Crippen LogP contribution in [-0.2, 0) is 9.53 Å². The lowest BCUT2D eigenvalue weighted by Crippen LogP contribution is -2.47. The molecule has 1 aromatic heterocycles. The Labute approximate surface area is 173 Å². The summed E-state index contributed by atoms with van der Waals surface area (Å²) in [7, 11) is 0. The molecule has 0 radical (unpaired) electrons. The Morgan fingerprint density at radius 3 is 2.54 bits per heavy atom. The van der Waals surface area contributed by atoms with Crippen molar-refractivity contribution in [2.75, 3.05) is 4.90 Å². The molecule has 4 nitrogen and oxygen atoms in total. The van der Waals surface area contributed by atoms with E-state index in [-0.39, 0.29) is 23.2 Å². The summed E-state index contributed by atoms with van der Waals surface area (Å²) >= 11 is 1.31. The van der Waals surface area contributed by atoms with Gasteiger partial charge in [0.1, 0.15) is 4.88 Å². The largest absolute Gasteiger partial charge is 0.437 e. The molecule has 0 N–H and O–H groups in total. The molecule has 0 saturated heterocycles. The second-order valence-electron chi connectivity index (χ2n) is 8.73. The Morgan fingerprint density at radius 2 is 1.96 bits per heavy atom. The number of hydrogen-bond acceptors (Lipinski definition) is 4.